The van der Waals surface area contributed by atoms with E-state index in [2.05, 4.69) is 59.4 Å². The summed E-state index contributed by atoms with van der Waals surface area (Å²) < 4.78 is 7.00. The fourth-order valence-corrected chi connectivity index (χ4v) is 2.64. The molecule has 0 aliphatic heterocycles. The number of ether oxygens (including phenoxy) is 1. The van der Waals surface area contributed by atoms with Gasteiger partial charge in [0, 0.05) is 16.6 Å². The lowest BCUT2D eigenvalue weighted by molar-refractivity contribution is 0.303. The molecular formula is C18H22BrNO. The van der Waals surface area contributed by atoms with Crippen molar-refractivity contribution in [3.63, 3.8) is 0 Å². The van der Waals surface area contributed by atoms with Crippen molar-refractivity contribution >= 4 is 15.9 Å². The minimum Gasteiger partial charge on any atom is -0.489 e. The van der Waals surface area contributed by atoms with E-state index in [1.165, 1.54) is 5.56 Å². The van der Waals surface area contributed by atoms with Gasteiger partial charge in [-0.3, -0.25) is 0 Å². The van der Waals surface area contributed by atoms with Crippen LogP contribution in [-0.4, -0.2) is 6.54 Å². The first-order chi connectivity index (χ1) is 10.2. The zero-order valence-corrected chi connectivity index (χ0v) is 14.2. The van der Waals surface area contributed by atoms with Gasteiger partial charge >= 0.3 is 0 Å². The first-order valence-electron chi connectivity index (χ1n) is 7.37. The number of rotatable bonds is 7. The molecular weight excluding hydrogens is 326 g/mol. The highest BCUT2D eigenvalue weighted by molar-refractivity contribution is 9.10. The normalized spacial score (nSPS) is 10.6. The summed E-state index contributed by atoms with van der Waals surface area (Å²) in [6.45, 7) is 6.77. The second-order valence-corrected chi connectivity index (χ2v) is 6.01. The molecule has 0 spiro atoms. The van der Waals surface area contributed by atoms with Crippen LogP contribution >= 0.6 is 15.9 Å². The first kappa shape index (κ1) is 16.1. The van der Waals surface area contributed by atoms with Crippen molar-refractivity contribution in [2.24, 2.45) is 0 Å². The Balaban J connectivity index is 1.96. The molecule has 0 fully saturated rings. The van der Waals surface area contributed by atoms with E-state index in [-0.39, 0.29) is 0 Å². The summed E-state index contributed by atoms with van der Waals surface area (Å²) in [5, 5.41) is 3.41. The molecule has 1 N–H and O–H groups in total. The van der Waals surface area contributed by atoms with Gasteiger partial charge in [0.05, 0.1) is 0 Å². The Morgan fingerprint density at radius 3 is 2.67 bits per heavy atom. The monoisotopic (exact) mass is 347 g/mol. The average molecular weight is 348 g/mol. The van der Waals surface area contributed by atoms with Gasteiger partial charge in [0.1, 0.15) is 12.4 Å². The highest BCUT2D eigenvalue weighted by Crippen LogP contribution is 2.22. The van der Waals surface area contributed by atoms with E-state index in [4.69, 9.17) is 4.74 Å². The van der Waals surface area contributed by atoms with Crippen LogP contribution in [0.4, 0.5) is 0 Å². The Morgan fingerprint density at radius 2 is 1.95 bits per heavy atom. The summed E-state index contributed by atoms with van der Waals surface area (Å²) in [6, 6.07) is 14.5. The molecule has 21 heavy (non-hydrogen) atoms. The number of hydrogen-bond donors (Lipinski definition) is 1. The molecule has 0 saturated heterocycles. The van der Waals surface area contributed by atoms with Crippen LogP contribution in [0.25, 0.3) is 0 Å². The van der Waals surface area contributed by atoms with Crippen molar-refractivity contribution in [1.82, 2.24) is 5.32 Å². The molecule has 0 aliphatic rings. The van der Waals surface area contributed by atoms with Gasteiger partial charge in [-0.05, 0) is 43.1 Å². The molecule has 0 atom stereocenters. The SMILES string of the molecule is CCCNCc1ccc(COc2ccccc2C)c(Br)c1. The second-order valence-electron chi connectivity index (χ2n) is 5.16. The van der Waals surface area contributed by atoms with E-state index in [9.17, 15) is 0 Å². The van der Waals surface area contributed by atoms with E-state index >= 15 is 0 Å². The molecule has 0 bridgehead atoms. The van der Waals surface area contributed by atoms with Gasteiger partial charge in [-0.2, -0.15) is 0 Å². The fourth-order valence-electron chi connectivity index (χ4n) is 2.10. The molecule has 0 aliphatic carbocycles. The van der Waals surface area contributed by atoms with Crippen molar-refractivity contribution in [2.75, 3.05) is 6.54 Å². The van der Waals surface area contributed by atoms with Crippen LogP contribution in [0, 0.1) is 6.92 Å². The third kappa shape index (κ3) is 4.87. The highest BCUT2D eigenvalue weighted by Gasteiger charge is 2.04. The molecule has 0 saturated carbocycles. The van der Waals surface area contributed by atoms with E-state index in [1.807, 2.05) is 18.2 Å². The Kier molecular flexibility index (Phi) is 6.27. The average Bonchev–Trinajstić information content (AvgIpc) is 2.48. The Labute approximate surface area is 135 Å². The van der Waals surface area contributed by atoms with Crippen LogP contribution < -0.4 is 10.1 Å². The molecule has 0 radical (unpaired) electrons. The molecule has 2 rings (SSSR count). The number of benzene rings is 2. The van der Waals surface area contributed by atoms with Crippen LogP contribution in [0.1, 0.15) is 30.0 Å². The van der Waals surface area contributed by atoms with Crippen molar-refractivity contribution < 1.29 is 4.74 Å². The molecule has 2 nitrogen and oxygen atoms in total. The Morgan fingerprint density at radius 1 is 1.14 bits per heavy atom. The Bertz CT molecular complexity index is 583. The number of nitrogens with one attached hydrogen (secondary N) is 1. The number of para-hydroxylation sites is 1. The topological polar surface area (TPSA) is 21.3 Å². The molecule has 2 aromatic rings. The van der Waals surface area contributed by atoms with Gasteiger partial charge < -0.3 is 10.1 Å². The summed E-state index contributed by atoms with van der Waals surface area (Å²) >= 11 is 3.64. The van der Waals surface area contributed by atoms with Gasteiger partial charge in [0.25, 0.3) is 0 Å². The van der Waals surface area contributed by atoms with Crippen LogP contribution in [0.15, 0.2) is 46.9 Å². The third-order valence-corrected chi connectivity index (χ3v) is 4.09. The molecule has 2 aromatic carbocycles. The van der Waals surface area contributed by atoms with E-state index in [1.54, 1.807) is 0 Å². The molecule has 3 heteroatoms. The summed E-state index contributed by atoms with van der Waals surface area (Å²) in [6.07, 6.45) is 1.16. The van der Waals surface area contributed by atoms with Crippen molar-refractivity contribution in [3.05, 3.63) is 63.6 Å². The molecule has 0 aromatic heterocycles. The minimum absolute atomic E-state index is 0.577. The fraction of sp³-hybridized carbons (Fsp3) is 0.333. The zero-order valence-electron chi connectivity index (χ0n) is 12.7. The number of hydrogen-bond acceptors (Lipinski definition) is 2. The largest absolute Gasteiger partial charge is 0.489 e. The molecule has 0 heterocycles. The van der Waals surface area contributed by atoms with Gasteiger partial charge in [0.2, 0.25) is 0 Å². The number of aryl methyl sites for hydroxylation is 1. The predicted molar refractivity (Wildman–Crippen MR) is 91.7 cm³/mol. The predicted octanol–water partition coefficient (Wildman–Crippen LogP) is 4.84. The maximum Gasteiger partial charge on any atom is 0.122 e. The lowest BCUT2D eigenvalue weighted by Gasteiger charge is -2.11. The molecule has 0 unspecified atom stereocenters. The van der Waals surface area contributed by atoms with Gasteiger partial charge in [-0.25, -0.2) is 0 Å². The smallest absolute Gasteiger partial charge is 0.122 e. The number of halogens is 1. The lowest BCUT2D eigenvalue weighted by atomic mass is 10.1. The van der Waals surface area contributed by atoms with Crippen molar-refractivity contribution in [3.8, 4) is 5.75 Å². The molecule has 0 amide bonds. The van der Waals surface area contributed by atoms with E-state index in [0.717, 1.165) is 40.9 Å². The third-order valence-electron chi connectivity index (χ3n) is 3.35. The van der Waals surface area contributed by atoms with Crippen molar-refractivity contribution in [2.45, 2.75) is 33.4 Å². The summed E-state index contributed by atoms with van der Waals surface area (Å²) in [4.78, 5) is 0. The summed E-state index contributed by atoms with van der Waals surface area (Å²) in [5.41, 5.74) is 3.61. The highest BCUT2D eigenvalue weighted by atomic mass is 79.9. The van der Waals surface area contributed by atoms with Gasteiger partial charge in [-0.1, -0.05) is 53.2 Å². The first-order valence-corrected chi connectivity index (χ1v) is 8.16. The van der Waals surface area contributed by atoms with Gasteiger partial charge in [0.15, 0.2) is 0 Å². The minimum atomic E-state index is 0.577. The van der Waals surface area contributed by atoms with Gasteiger partial charge in [-0.15, -0.1) is 0 Å². The zero-order chi connectivity index (χ0) is 15.1. The standard InChI is InChI=1S/C18H22BrNO/c1-3-10-20-12-15-8-9-16(17(19)11-15)13-21-18-7-5-4-6-14(18)2/h4-9,11,20H,3,10,12-13H2,1-2H3. The van der Waals surface area contributed by atoms with Crippen LogP contribution in [0.5, 0.6) is 5.75 Å². The second kappa shape index (κ2) is 8.20. The lowest BCUT2D eigenvalue weighted by Crippen LogP contribution is -2.13. The molecule has 112 valence electrons. The maximum atomic E-state index is 5.90. The van der Waals surface area contributed by atoms with Crippen LogP contribution in [0.3, 0.4) is 0 Å². The summed E-state index contributed by atoms with van der Waals surface area (Å²) in [5.74, 6) is 0.943. The Hall–Kier alpha value is -1.32. The van der Waals surface area contributed by atoms with Crippen molar-refractivity contribution in [1.29, 1.82) is 0 Å². The summed E-state index contributed by atoms with van der Waals surface area (Å²) in [7, 11) is 0. The van der Waals surface area contributed by atoms with Crippen LogP contribution in [0.2, 0.25) is 0 Å². The van der Waals surface area contributed by atoms with Crippen LogP contribution in [-0.2, 0) is 13.2 Å². The quantitative estimate of drug-likeness (QED) is 0.723. The van der Waals surface area contributed by atoms with E-state index < -0.39 is 0 Å². The van der Waals surface area contributed by atoms with E-state index in [0.29, 0.717) is 6.61 Å². The maximum absolute atomic E-state index is 5.90.